The minimum Gasteiger partial charge on any atom is -0.388 e. The summed E-state index contributed by atoms with van der Waals surface area (Å²) in [6.45, 7) is -0.437. The summed E-state index contributed by atoms with van der Waals surface area (Å²) in [5.41, 5.74) is 0.589. The molecular weight excluding hydrogens is 176 g/mol. The summed E-state index contributed by atoms with van der Waals surface area (Å²) in [7, 11) is 0. The first-order valence-electron chi connectivity index (χ1n) is 4.45. The van der Waals surface area contributed by atoms with E-state index in [4.69, 9.17) is 5.11 Å². The Hall–Kier alpha value is -1.67. The van der Waals surface area contributed by atoms with E-state index in [0.29, 0.717) is 5.56 Å². The molecule has 2 aromatic carbocycles. The number of fused-ring (bicyclic) bond motifs is 1. The van der Waals surface area contributed by atoms with E-state index in [9.17, 15) is 4.79 Å². The number of hydrogen-bond donors (Lipinski definition) is 1. The maximum atomic E-state index is 11.4. The summed E-state index contributed by atoms with van der Waals surface area (Å²) >= 11 is 0. The van der Waals surface area contributed by atoms with Gasteiger partial charge in [-0.25, -0.2) is 0 Å². The van der Waals surface area contributed by atoms with E-state index in [2.05, 4.69) is 0 Å². The van der Waals surface area contributed by atoms with E-state index >= 15 is 0 Å². The van der Waals surface area contributed by atoms with Crippen molar-refractivity contribution < 1.29 is 9.90 Å². The van der Waals surface area contributed by atoms with Crippen LogP contribution in [0.3, 0.4) is 0 Å². The molecule has 2 nitrogen and oxygen atoms in total. The highest BCUT2D eigenvalue weighted by Gasteiger charge is 2.07. The molecule has 2 aromatic rings. The Labute approximate surface area is 81.8 Å². The molecule has 0 saturated carbocycles. The normalized spacial score (nSPS) is 10.4. The molecule has 0 unspecified atom stereocenters. The van der Waals surface area contributed by atoms with E-state index in [0.717, 1.165) is 10.8 Å². The molecule has 2 heteroatoms. The van der Waals surface area contributed by atoms with Crippen molar-refractivity contribution in [1.82, 2.24) is 0 Å². The Bertz CT molecular complexity index is 469. The van der Waals surface area contributed by atoms with Crippen molar-refractivity contribution in [2.24, 2.45) is 0 Å². The average Bonchev–Trinajstić information content (AvgIpc) is 2.27. The lowest BCUT2D eigenvalue weighted by Crippen LogP contribution is -2.04. The number of aliphatic hydroxyl groups excluding tert-OH is 1. The van der Waals surface area contributed by atoms with Gasteiger partial charge in [0.25, 0.3) is 0 Å². The van der Waals surface area contributed by atoms with Crippen molar-refractivity contribution in [3.8, 4) is 0 Å². The Morgan fingerprint density at radius 3 is 2.57 bits per heavy atom. The smallest absolute Gasteiger partial charge is 0.188 e. The maximum Gasteiger partial charge on any atom is 0.188 e. The van der Waals surface area contributed by atoms with Crippen molar-refractivity contribution >= 4 is 16.6 Å². The second-order valence-corrected chi connectivity index (χ2v) is 3.11. The average molecular weight is 186 g/mol. The van der Waals surface area contributed by atoms with Gasteiger partial charge in [-0.2, -0.15) is 0 Å². The third-order valence-corrected chi connectivity index (χ3v) is 2.23. The highest BCUT2D eigenvalue weighted by Crippen LogP contribution is 2.18. The van der Waals surface area contributed by atoms with Crippen LogP contribution in [0.4, 0.5) is 0 Å². The molecule has 70 valence electrons. The minimum atomic E-state index is -0.437. The van der Waals surface area contributed by atoms with Crippen LogP contribution in [0.15, 0.2) is 42.5 Å². The maximum absolute atomic E-state index is 11.4. The predicted molar refractivity (Wildman–Crippen MR) is 55.4 cm³/mol. The molecular formula is C12H10O2. The second-order valence-electron chi connectivity index (χ2n) is 3.11. The zero-order chi connectivity index (χ0) is 9.97. The Morgan fingerprint density at radius 2 is 1.79 bits per heavy atom. The molecule has 0 fully saturated rings. The van der Waals surface area contributed by atoms with Crippen LogP contribution >= 0.6 is 0 Å². The topological polar surface area (TPSA) is 37.3 Å². The highest BCUT2D eigenvalue weighted by molar-refractivity contribution is 6.08. The zero-order valence-electron chi connectivity index (χ0n) is 7.60. The van der Waals surface area contributed by atoms with Crippen molar-refractivity contribution in [2.75, 3.05) is 6.61 Å². The molecule has 0 heterocycles. The number of rotatable bonds is 2. The van der Waals surface area contributed by atoms with Crippen molar-refractivity contribution in [2.45, 2.75) is 0 Å². The van der Waals surface area contributed by atoms with Crippen LogP contribution in [-0.2, 0) is 0 Å². The quantitative estimate of drug-likeness (QED) is 0.728. The second kappa shape index (κ2) is 3.60. The molecule has 0 aliphatic heterocycles. The molecule has 0 saturated heterocycles. The number of carbonyl (C=O) groups is 1. The minimum absolute atomic E-state index is 0.234. The van der Waals surface area contributed by atoms with E-state index in [-0.39, 0.29) is 5.78 Å². The number of benzene rings is 2. The number of aliphatic hydroxyl groups is 1. The molecule has 0 amide bonds. The van der Waals surface area contributed by atoms with Gasteiger partial charge >= 0.3 is 0 Å². The van der Waals surface area contributed by atoms with Gasteiger partial charge < -0.3 is 5.11 Å². The third kappa shape index (κ3) is 1.40. The van der Waals surface area contributed by atoms with Gasteiger partial charge in [0.1, 0.15) is 6.61 Å². The number of ketones is 1. The molecule has 14 heavy (non-hydrogen) atoms. The van der Waals surface area contributed by atoms with Gasteiger partial charge in [0, 0.05) is 5.56 Å². The van der Waals surface area contributed by atoms with Gasteiger partial charge in [-0.15, -0.1) is 0 Å². The number of Topliss-reactive ketones (excluding diaryl/α,β-unsaturated/α-hetero) is 1. The van der Waals surface area contributed by atoms with Gasteiger partial charge in [0.05, 0.1) is 0 Å². The third-order valence-electron chi connectivity index (χ3n) is 2.23. The fourth-order valence-corrected chi connectivity index (χ4v) is 1.55. The summed E-state index contributed by atoms with van der Waals surface area (Å²) in [5, 5.41) is 10.7. The Balaban J connectivity index is 2.71. The Kier molecular flexibility index (Phi) is 2.29. The van der Waals surface area contributed by atoms with E-state index < -0.39 is 6.61 Å². The van der Waals surface area contributed by atoms with Crippen LogP contribution < -0.4 is 0 Å². The molecule has 0 aliphatic rings. The van der Waals surface area contributed by atoms with Gasteiger partial charge in [-0.3, -0.25) is 4.79 Å². The molecule has 1 N–H and O–H groups in total. The zero-order valence-corrected chi connectivity index (χ0v) is 7.60. The highest BCUT2D eigenvalue weighted by atomic mass is 16.3. The number of carbonyl (C=O) groups excluding carboxylic acids is 1. The molecule has 0 bridgehead atoms. The summed E-state index contributed by atoms with van der Waals surface area (Å²) in [6.07, 6.45) is 0. The van der Waals surface area contributed by atoms with Gasteiger partial charge in [-0.1, -0.05) is 42.5 Å². The molecule has 2 rings (SSSR count). The van der Waals surface area contributed by atoms with Crippen LogP contribution in [0.2, 0.25) is 0 Å². The van der Waals surface area contributed by atoms with Crippen LogP contribution in [0.25, 0.3) is 10.8 Å². The fraction of sp³-hybridized carbons (Fsp3) is 0.0833. The SMILES string of the molecule is O=C(CO)c1cccc2ccccc12. The Morgan fingerprint density at radius 1 is 1.07 bits per heavy atom. The molecule has 0 atom stereocenters. The first-order chi connectivity index (χ1) is 6.83. The lowest BCUT2D eigenvalue weighted by atomic mass is 10.0. The monoisotopic (exact) mass is 186 g/mol. The van der Waals surface area contributed by atoms with E-state index in [1.807, 2.05) is 36.4 Å². The van der Waals surface area contributed by atoms with Gasteiger partial charge in [-0.05, 0) is 10.8 Å². The largest absolute Gasteiger partial charge is 0.388 e. The van der Waals surface area contributed by atoms with Crippen molar-refractivity contribution in [3.63, 3.8) is 0 Å². The number of hydrogen-bond acceptors (Lipinski definition) is 2. The van der Waals surface area contributed by atoms with Crippen LogP contribution in [0, 0.1) is 0 Å². The van der Waals surface area contributed by atoms with Crippen LogP contribution in [0.5, 0.6) is 0 Å². The van der Waals surface area contributed by atoms with E-state index in [1.54, 1.807) is 6.07 Å². The van der Waals surface area contributed by atoms with Crippen molar-refractivity contribution in [1.29, 1.82) is 0 Å². The standard InChI is InChI=1S/C12H10O2/c13-8-12(14)11-7-3-5-9-4-1-2-6-10(9)11/h1-7,13H,8H2. The lowest BCUT2D eigenvalue weighted by molar-refractivity contribution is 0.0905. The summed E-state index contributed by atoms with van der Waals surface area (Å²) in [6, 6.07) is 13.2. The fourth-order valence-electron chi connectivity index (χ4n) is 1.55. The van der Waals surface area contributed by atoms with E-state index in [1.165, 1.54) is 0 Å². The summed E-state index contributed by atoms with van der Waals surface area (Å²) in [4.78, 5) is 11.4. The molecule has 0 aromatic heterocycles. The molecule has 0 aliphatic carbocycles. The van der Waals surface area contributed by atoms with Crippen molar-refractivity contribution in [3.05, 3.63) is 48.0 Å². The predicted octanol–water partition coefficient (Wildman–Crippen LogP) is 2.01. The molecule has 0 radical (unpaired) electrons. The first-order valence-corrected chi connectivity index (χ1v) is 4.45. The first kappa shape index (κ1) is 8.91. The molecule has 0 spiro atoms. The summed E-state index contributed by atoms with van der Waals surface area (Å²) in [5.74, 6) is -0.234. The lowest BCUT2D eigenvalue weighted by Gasteiger charge is -2.02. The summed E-state index contributed by atoms with van der Waals surface area (Å²) < 4.78 is 0. The van der Waals surface area contributed by atoms with Gasteiger partial charge in [0.2, 0.25) is 0 Å². The van der Waals surface area contributed by atoms with Crippen LogP contribution in [0.1, 0.15) is 10.4 Å². The van der Waals surface area contributed by atoms with Crippen LogP contribution in [-0.4, -0.2) is 17.5 Å². The van der Waals surface area contributed by atoms with Gasteiger partial charge in [0.15, 0.2) is 5.78 Å².